The molecule has 0 bridgehead atoms. The summed E-state index contributed by atoms with van der Waals surface area (Å²) >= 11 is 0. The molecule has 0 aromatic carbocycles. The van der Waals surface area contributed by atoms with Crippen molar-refractivity contribution in [3.63, 3.8) is 0 Å². The monoisotopic (exact) mass is 208 g/mol. The molecule has 0 aliphatic carbocycles. The van der Waals surface area contributed by atoms with Crippen molar-refractivity contribution in [2.75, 3.05) is 6.26 Å². The average Bonchev–Trinajstić information content (AvgIpc) is 1.81. The normalized spacial score (nSPS) is 13.7. The van der Waals surface area contributed by atoms with Crippen LogP contribution in [0.5, 0.6) is 0 Å². The zero-order chi connectivity index (χ0) is 10.6. The van der Waals surface area contributed by atoms with E-state index in [9.17, 15) is 18.0 Å². The molecule has 0 fully saturated rings. The highest BCUT2D eigenvalue weighted by Gasteiger charge is 2.20. The molecule has 0 unspecified atom stereocenters. The first kappa shape index (κ1) is 12.0. The maximum Gasteiger partial charge on any atom is 0.236 e. The Bertz CT molecular complexity index is 309. The minimum atomic E-state index is -3.52. The van der Waals surface area contributed by atoms with Gasteiger partial charge in [0.2, 0.25) is 15.9 Å². The molecule has 0 aliphatic heterocycles. The number of Topliss-reactive ketones (excluding diaryl/α,β-unsaturated/α-hetero) is 1. The summed E-state index contributed by atoms with van der Waals surface area (Å²) in [7, 11) is -3.52. The lowest BCUT2D eigenvalue weighted by Crippen LogP contribution is -2.44. The smallest absolute Gasteiger partial charge is 0.236 e. The molecule has 1 amide bonds. The van der Waals surface area contributed by atoms with Crippen LogP contribution in [0.4, 0.5) is 0 Å². The second kappa shape index (κ2) is 4.33. The molecule has 3 N–H and O–H groups in total. The molecule has 0 radical (unpaired) electrons. The van der Waals surface area contributed by atoms with Crippen LogP contribution in [0.25, 0.3) is 0 Å². The van der Waals surface area contributed by atoms with Gasteiger partial charge in [0.1, 0.15) is 11.8 Å². The van der Waals surface area contributed by atoms with Gasteiger partial charge in [-0.15, -0.1) is 0 Å². The van der Waals surface area contributed by atoms with E-state index in [-0.39, 0.29) is 12.2 Å². The molecular weight excluding hydrogens is 196 g/mol. The summed E-state index contributed by atoms with van der Waals surface area (Å²) in [5.41, 5.74) is 4.87. The van der Waals surface area contributed by atoms with E-state index in [0.29, 0.717) is 0 Å². The molecule has 13 heavy (non-hydrogen) atoms. The van der Waals surface area contributed by atoms with Gasteiger partial charge in [-0.05, 0) is 6.92 Å². The van der Waals surface area contributed by atoms with Crippen LogP contribution in [0, 0.1) is 0 Å². The van der Waals surface area contributed by atoms with Crippen LogP contribution in [0.1, 0.15) is 13.3 Å². The van der Waals surface area contributed by atoms with Gasteiger partial charge in [0, 0.05) is 6.42 Å². The summed E-state index contributed by atoms with van der Waals surface area (Å²) in [5.74, 6) is -1.17. The first-order valence-corrected chi connectivity index (χ1v) is 5.37. The SMILES string of the molecule is CC(=O)C[C@H](NS(C)(=O)=O)C(N)=O. The van der Waals surface area contributed by atoms with E-state index in [0.717, 1.165) is 6.26 Å². The fraction of sp³-hybridized carbons (Fsp3) is 0.667. The zero-order valence-electron chi connectivity index (χ0n) is 7.40. The fourth-order valence-corrected chi connectivity index (χ4v) is 1.46. The van der Waals surface area contributed by atoms with Gasteiger partial charge in [0.25, 0.3) is 0 Å². The van der Waals surface area contributed by atoms with Gasteiger partial charge >= 0.3 is 0 Å². The predicted molar refractivity (Wildman–Crippen MR) is 46.3 cm³/mol. The molecule has 0 saturated heterocycles. The van der Waals surface area contributed by atoms with E-state index in [2.05, 4.69) is 0 Å². The van der Waals surface area contributed by atoms with Gasteiger partial charge in [-0.2, -0.15) is 0 Å². The highest BCUT2D eigenvalue weighted by Crippen LogP contribution is 1.94. The van der Waals surface area contributed by atoms with Crippen LogP contribution in [0.2, 0.25) is 0 Å². The topological polar surface area (TPSA) is 106 Å². The molecule has 7 heteroatoms. The van der Waals surface area contributed by atoms with Gasteiger partial charge in [-0.25, -0.2) is 13.1 Å². The minimum Gasteiger partial charge on any atom is -0.368 e. The number of hydrogen-bond acceptors (Lipinski definition) is 4. The van der Waals surface area contributed by atoms with Gasteiger partial charge < -0.3 is 5.73 Å². The molecule has 0 aliphatic rings. The second-order valence-corrected chi connectivity index (χ2v) is 4.53. The number of carbonyl (C=O) groups is 2. The number of sulfonamides is 1. The highest BCUT2D eigenvalue weighted by atomic mass is 32.2. The summed E-state index contributed by atoms with van der Waals surface area (Å²) < 4.78 is 23.4. The Hall–Kier alpha value is -0.950. The van der Waals surface area contributed by atoms with Crippen LogP contribution in [-0.2, 0) is 19.6 Å². The molecule has 0 aromatic heterocycles. The van der Waals surface area contributed by atoms with Gasteiger partial charge in [0.15, 0.2) is 0 Å². The molecule has 6 nitrogen and oxygen atoms in total. The Morgan fingerprint density at radius 2 is 1.92 bits per heavy atom. The minimum absolute atomic E-state index is 0.220. The van der Waals surface area contributed by atoms with E-state index in [1.54, 1.807) is 0 Å². The third-order valence-electron chi connectivity index (χ3n) is 1.19. The molecule has 0 saturated carbocycles. The number of hydrogen-bond donors (Lipinski definition) is 2. The number of primary amides is 1. The lowest BCUT2D eigenvalue weighted by atomic mass is 10.1. The van der Waals surface area contributed by atoms with Crippen molar-refractivity contribution in [3.8, 4) is 0 Å². The first-order valence-electron chi connectivity index (χ1n) is 3.48. The van der Waals surface area contributed by atoms with Crippen LogP contribution in [0.3, 0.4) is 0 Å². The maximum atomic E-state index is 10.7. The molecular formula is C6H12N2O4S. The highest BCUT2D eigenvalue weighted by molar-refractivity contribution is 7.88. The summed E-state index contributed by atoms with van der Waals surface area (Å²) in [6, 6.07) is -1.15. The largest absolute Gasteiger partial charge is 0.368 e. The van der Waals surface area contributed by atoms with Gasteiger partial charge in [-0.1, -0.05) is 0 Å². The number of carbonyl (C=O) groups excluding carboxylic acids is 2. The first-order chi connectivity index (χ1) is 5.72. The Labute approximate surface area is 76.5 Å². The third kappa shape index (κ3) is 6.23. The summed E-state index contributed by atoms with van der Waals surface area (Å²) in [6.45, 7) is 1.25. The average molecular weight is 208 g/mol. The van der Waals surface area contributed by atoms with Crippen molar-refractivity contribution in [3.05, 3.63) is 0 Å². The molecule has 0 heterocycles. The Morgan fingerprint density at radius 1 is 1.46 bits per heavy atom. The molecule has 76 valence electrons. The van der Waals surface area contributed by atoms with Crippen LogP contribution < -0.4 is 10.5 Å². The van der Waals surface area contributed by atoms with E-state index in [1.165, 1.54) is 6.92 Å². The van der Waals surface area contributed by atoms with Crippen molar-refractivity contribution >= 4 is 21.7 Å². The summed E-state index contributed by atoms with van der Waals surface area (Å²) in [6.07, 6.45) is 0.672. The van der Waals surface area contributed by atoms with Crippen molar-refractivity contribution in [1.82, 2.24) is 4.72 Å². The fourth-order valence-electron chi connectivity index (χ4n) is 0.746. The lowest BCUT2D eigenvalue weighted by Gasteiger charge is -2.11. The Morgan fingerprint density at radius 3 is 2.15 bits per heavy atom. The maximum absolute atomic E-state index is 10.7. The number of nitrogens with two attached hydrogens (primary N) is 1. The van der Waals surface area contributed by atoms with E-state index in [1.807, 2.05) is 4.72 Å². The Balaban J connectivity index is 4.45. The summed E-state index contributed by atoms with van der Waals surface area (Å²) in [4.78, 5) is 21.3. The molecule has 0 aromatic rings. The number of rotatable bonds is 5. The van der Waals surface area contributed by atoms with E-state index >= 15 is 0 Å². The Kier molecular flexibility index (Phi) is 4.02. The number of nitrogens with one attached hydrogen (secondary N) is 1. The molecule has 0 spiro atoms. The van der Waals surface area contributed by atoms with Gasteiger partial charge in [0.05, 0.1) is 6.26 Å². The quantitative estimate of drug-likeness (QED) is 0.565. The van der Waals surface area contributed by atoms with Crippen LogP contribution in [0.15, 0.2) is 0 Å². The van der Waals surface area contributed by atoms with E-state index < -0.39 is 22.0 Å². The number of ketones is 1. The summed E-state index contributed by atoms with van der Waals surface area (Å²) in [5, 5.41) is 0. The molecule has 1 atom stereocenters. The van der Waals surface area contributed by atoms with Gasteiger partial charge in [-0.3, -0.25) is 9.59 Å². The van der Waals surface area contributed by atoms with Crippen molar-refractivity contribution in [2.45, 2.75) is 19.4 Å². The van der Waals surface area contributed by atoms with Crippen molar-refractivity contribution in [1.29, 1.82) is 0 Å². The van der Waals surface area contributed by atoms with Crippen LogP contribution in [-0.4, -0.2) is 32.4 Å². The molecule has 0 rings (SSSR count). The predicted octanol–water partition coefficient (Wildman–Crippen LogP) is -1.63. The lowest BCUT2D eigenvalue weighted by molar-refractivity contribution is -0.124. The van der Waals surface area contributed by atoms with Crippen molar-refractivity contribution in [2.24, 2.45) is 5.73 Å². The van der Waals surface area contributed by atoms with Crippen molar-refractivity contribution < 1.29 is 18.0 Å². The second-order valence-electron chi connectivity index (χ2n) is 2.75. The number of amides is 1. The zero-order valence-corrected chi connectivity index (χ0v) is 8.22. The van der Waals surface area contributed by atoms with E-state index in [4.69, 9.17) is 5.73 Å². The third-order valence-corrected chi connectivity index (χ3v) is 1.90. The van der Waals surface area contributed by atoms with Crippen LogP contribution >= 0.6 is 0 Å². The standard InChI is InChI=1S/C6H12N2O4S/c1-4(9)3-5(6(7)10)8-13(2,11)12/h5,8H,3H2,1-2H3,(H2,7,10)/t5-/m0/s1.